The molecule has 2 nitrogen and oxygen atoms in total. The quantitative estimate of drug-likeness (QED) is 0.664. The number of halogens is 1. The second-order valence-electron chi connectivity index (χ2n) is 2.90. The summed E-state index contributed by atoms with van der Waals surface area (Å²) in [5.41, 5.74) is 6.92. The van der Waals surface area contributed by atoms with Crippen LogP contribution >= 0.6 is 0 Å². The molecule has 1 aromatic rings. The molecule has 0 spiro atoms. The topological polar surface area (TPSA) is 38.9 Å². The highest BCUT2D eigenvalue weighted by molar-refractivity contribution is 5.45. The van der Waals surface area contributed by atoms with Crippen LogP contribution in [0.2, 0.25) is 0 Å². The maximum Gasteiger partial charge on any atom is 0.143 e. The summed E-state index contributed by atoms with van der Waals surface area (Å²) in [6.45, 7) is 0. The van der Waals surface area contributed by atoms with Crippen LogP contribution in [0.15, 0.2) is 12.3 Å². The minimum absolute atomic E-state index is 0.355. The zero-order chi connectivity index (χ0) is 7.84. The molecule has 1 aliphatic carbocycles. The number of pyridine rings is 1. The van der Waals surface area contributed by atoms with E-state index in [0.29, 0.717) is 11.6 Å². The molecule has 0 unspecified atom stereocenters. The third-order valence-electron chi connectivity index (χ3n) is 1.88. The van der Waals surface area contributed by atoms with E-state index in [-0.39, 0.29) is 5.82 Å². The number of nitrogens with zero attached hydrogens (tertiary/aromatic N) is 1. The Balaban J connectivity index is 2.39. The van der Waals surface area contributed by atoms with Crippen molar-refractivity contribution >= 4 is 5.69 Å². The van der Waals surface area contributed by atoms with Crippen molar-refractivity contribution in [2.24, 2.45) is 0 Å². The van der Waals surface area contributed by atoms with Crippen molar-refractivity contribution in [3.05, 3.63) is 23.8 Å². The summed E-state index contributed by atoms with van der Waals surface area (Å²) in [6.07, 6.45) is 3.51. The van der Waals surface area contributed by atoms with E-state index in [2.05, 4.69) is 4.98 Å². The molecule has 2 rings (SSSR count). The third kappa shape index (κ3) is 1.18. The molecule has 0 aliphatic heterocycles. The molecule has 0 amide bonds. The Morgan fingerprint density at radius 2 is 2.27 bits per heavy atom. The Hall–Kier alpha value is -1.12. The van der Waals surface area contributed by atoms with Gasteiger partial charge in [-0.15, -0.1) is 0 Å². The molecule has 0 aromatic carbocycles. The minimum atomic E-state index is -0.355. The van der Waals surface area contributed by atoms with Crippen molar-refractivity contribution in [2.45, 2.75) is 18.8 Å². The average molecular weight is 152 g/mol. The van der Waals surface area contributed by atoms with Gasteiger partial charge in [-0.1, -0.05) is 0 Å². The second kappa shape index (κ2) is 2.19. The summed E-state index contributed by atoms with van der Waals surface area (Å²) >= 11 is 0. The number of rotatable bonds is 1. The summed E-state index contributed by atoms with van der Waals surface area (Å²) in [6, 6.07) is 1.33. The lowest BCUT2D eigenvalue weighted by atomic mass is 10.2. The van der Waals surface area contributed by atoms with E-state index in [9.17, 15) is 4.39 Å². The average Bonchev–Trinajstić information content (AvgIpc) is 2.70. The fourth-order valence-corrected chi connectivity index (χ4v) is 1.16. The largest absolute Gasteiger partial charge is 0.397 e. The number of hydrogen-bond acceptors (Lipinski definition) is 2. The first-order valence-corrected chi connectivity index (χ1v) is 3.68. The number of aromatic nitrogens is 1. The van der Waals surface area contributed by atoms with Crippen LogP contribution in [-0.4, -0.2) is 4.98 Å². The lowest BCUT2D eigenvalue weighted by Crippen LogP contribution is -1.96. The van der Waals surface area contributed by atoms with Gasteiger partial charge in [-0.2, -0.15) is 0 Å². The Labute approximate surface area is 64.2 Å². The highest BCUT2D eigenvalue weighted by Gasteiger charge is 2.26. The number of hydrogen-bond donors (Lipinski definition) is 1. The van der Waals surface area contributed by atoms with Crippen molar-refractivity contribution in [3.63, 3.8) is 0 Å². The van der Waals surface area contributed by atoms with E-state index in [0.717, 1.165) is 18.5 Å². The second-order valence-corrected chi connectivity index (χ2v) is 2.90. The van der Waals surface area contributed by atoms with Gasteiger partial charge in [0.05, 0.1) is 17.6 Å². The molecule has 1 fully saturated rings. The number of nitrogen functional groups attached to an aromatic ring is 1. The lowest BCUT2D eigenvalue weighted by Gasteiger charge is -2.00. The molecule has 0 saturated heterocycles. The van der Waals surface area contributed by atoms with Crippen LogP contribution in [-0.2, 0) is 0 Å². The molecule has 1 aliphatic rings. The fraction of sp³-hybridized carbons (Fsp3) is 0.375. The minimum Gasteiger partial charge on any atom is -0.397 e. The van der Waals surface area contributed by atoms with Crippen LogP contribution in [0, 0.1) is 5.82 Å². The SMILES string of the molecule is Nc1cc(F)cnc1C1CC1. The standard InChI is InChI=1S/C8H9FN2/c9-6-3-7(10)8(11-4-6)5-1-2-5/h3-5H,1-2,10H2. The van der Waals surface area contributed by atoms with Gasteiger partial charge in [0, 0.05) is 12.0 Å². The summed E-state index contributed by atoms with van der Waals surface area (Å²) < 4.78 is 12.5. The molecule has 1 heterocycles. The van der Waals surface area contributed by atoms with Crippen LogP contribution < -0.4 is 5.73 Å². The van der Waals surface area contributed by atoms with Gasteiger partial charge < -0.3 is 5.73 Å². The molecule has 1 saturated carbocycles. The third-order valence-corrected chi connectivity index (χ3v) is 1.88. The molecule has 2 N–H and O–H groups in total. The monoisotopic (exact) mass is 152 g/mol. The Morgan fingerprint density at radius 3 is 2.82 bits per heavy atom. The van der Waals surface area contributed by atoms with E-state index >= 15 is 0 Å². The summed E-state index contributed by atoms with van der Waals surface area (Å²) in [7, 11) is 0. The predicted molar refractivity (Wildman–Crippen MR) is 40.6 cm³/mol. The van der Waals surface area contributed by atoms with Gasteiger partial charge in [0.2, 0.25) is 0 Å². The predicted octanol–water partition coefficient (Wildman–Crippen LogP) is 1.68. The maximum absolute atomic E-state index is 12.5. The van der Waals surface area contributed by atoms with Gasteiger partial charge in [-0.25, -0.2) is 4.39 Å². The van der Waals surface area contributed by atoms with Crippen molar-refractivity contribution in [3.8, 4) is 0 Å². The van der Waals surface area contributed by atoms with Gasteiger partial charge in [-0.05, 0) is 12.8 Å². The molecule has 1 aromatic heterocycles. The van der Waals surface area contributed by atoms with Gasteiger partial charge in [0.15, 0.2) is 0 Å². The lowest BCUT2D eigenvalue weighted by molar-refractivity contribution is 0.620. The fourth-order valence-electron chi connectivity index (χ4n) is 1.16. The van der Waals surface area contributed by atoms with Crippen LogP contribution in [0.4, 0.5) is 10.1 Å². The van der Waals surface area contributed by atoms with E-state index in [1.807, 2.05) is 0 Å². The zero-order valence-corrected chi connectivity index (χ0v) is 6.05. The van der Waals surface area contributed by atoms with Crippen LogP contribution in [0.1, 0.15) is 24.5 Å². The van der Waals surface area contributed by atoms with E-state index in [4.69, 9.17) is 5.73 Å². The van der Waals surface area contributed by atoms with Gasteiger partial charge in [-0.3, -0.25) is 4.98 Å². The first-order valence-electron chi connectivity index (χ1n) is 3.68. The molecular formula is C8H9FN2. The molecule has 3 heteroatoms. The van der Waals surface area contributed by atoms with Crippen molar-refractivity contribution in [2.75, 3.05) is 5.73 Å². The molecule has 58 valence electrons. The Kier molecular flexibility index (Phi) is 1.31. The highest BCUT2D eigenvalue weighted by Crippen LogP contribution is 2.41. The molecular weight excluding hydrogens is 143 g/mol. The smallest absolute Gasteiger partial charge is 0.143 e. The van der Waals surface area contributed by atoms with Crippen LogP contribution in [0.5, 0.6) is 0 Å². The summed E-state index contributed by atoms with van der Waals surface area (Å²) in [4.78, 5) is 3.94. The van der Waals surface area contributed by atoms with Crippen molar-refractivity contribution < 1.29 is 4.39 Å². The molecule has 0 atom stereocenters. The van der Waals surface area contributed by atoms with E-state index < -0.39 is 0 Å². The molecule has 11 heavy (non-hydrogen) atoms. The van der Waals surface area contributed by atoms with Crippen LogP contribution in [0.25, 0.3) is 0 Å². The van der Waals surface area contributed by atoms with E-state index in [1.165, 1.54) is 12.3 Å². The molecule has 0 bridgehead atoms. The number of nitrogens with two attached hydrogens (primary N) is 1. The van der Waals surface area contributed by atoms with Gasteiger partial charge in [0.25, 0.3) is 0 Å². The van der Waals surface area contributed by atoms with Gasteiger partial charge >= 0.3 is 0 Å². The summed E-state index contributed by atoms with van der Waals surface area (Å²) in [5.74, 6) is 0.141. The maximum atomic E-state index is 12.5. The molecule has 0 radical (unpaired) electrons. The zero-order valence-electron chi connectivity index (χ0n) is 6.05. The summed E-state index contributed by atoms with van der Waals surface area (Å²) in [5, 5.41) is 0. The Bertz CT molecular complexity index is 281. The first kappa shape index (κ1) is 6.58. The van der Waals surface area contributed by atoms with Crippen molar-refractivity contribution in [1.29, 1.82) is 0 Å². The van der Waals surface area contributed by atoms with E-state index in [1.54, 1.807) is 0 Å². The number of anilines is 1. The highest BCUT2D eigenvalue weighted by atomic mass is 19.1. The van der Waals surface area contributed by atoms with Crippen molar-refractivity contribution in [1.82, 2.24) is 4.98 Å². The first-order chi connectivity index (χ1) is 5.27. The Morgan fingerprint density at radius 1 is 1.55 bits per heavy atom. The van der Waals surface area contributed by atoms with Crippen LogP contribution in [0.3, 0.4) is 0 Å². The van der Waals surface area contributed by atoms with Gasteiger partial charge in [0.1, 0.15) is 5.82 Å². The normalized spacial score (nSPS) is 16.8.